The predicted molar refractivity (Wildman–Crippen MR) is 80.6 cm³/mol. The molecule has 2 aromatic rings. The molecule has 0 spiro atoms. The van der Waals surface area contributed by atoms with Crippen molar-refractivity contribution in [2.24, 2.45) is 0 Å². The van der Waals surface area contributed by atoms with Gasteiger partial charge in [0.05, 0.1) is 4.90 Å². The Hall–Kier alpha value is -1.72. The molecule has 0 amide bonds. The monoisotopic (exact) mass is 307 g/mol. The molecule has 0 atom stereocenters. The molecule has 1 aromatic heterocycles. The number of benzene rings is 1. The van der Waals surface area contributed by atoms with Gasteiger partial charge in [-0.05, 0) is 18.6 Å². The summed E-state index contributed by atoms with van der Waals surface area (Å²) in [6.07, 6.45) is 8.17. The zero-order chi connectivity index (χ0) is 15.6. The standard InChI is InChI=1S/C10H16N.C6H6O3S/c1-2-3-5-8-11-9-6-4-7-10-11;7-10(8,9)6-4-2-1-3-5-6/h4,6-7,9-10H,2-3,5,8H2,1H3;1-5H,(H,7,8,9)/q+1;/p-1. The zero-order valence-electron chi connectivity index (χ0n) is 12.2. The molecule has 0 saturated heterocycles. The van der Waals surface area contributed by atoms with E-state index in [-0.39, 0.29) is 4.90 Å². The highest BCUT2D eigenvalue weighted by molar-refractivity contribution is 7.85. The lowest BCUT2D eigenvalue weighted by molar-refractivity contribution is -0.697. The Bertz CT molecular complexity index is 598. The largest absolute Gasteiger partial charge is 0.744 e. The highest BCUT2D eigenvalue weighted by Gasteiger charge is 1.96. The SMILES string of the molecule is CCCCC[n+]1ccccc1.O=S(=O)([O-])c1ccccc1. The molecule has 0 unspecified atom stereocenters. The third-order valence-corrected chi connectivity index (χ3v) is 3.68. The van der Waals surface area contributed by atoms with Crippen LogP contribution in [0, 0.1) is 0 Å². The van der Waals surface area contributed by atoms with Crippen LogP contribution < -0.4 is 4.57 Å². The summed E-state index contributed by atoms with van der Waals surface area (Å²) >= 11 is 0. The minimum atomic E-state index is -4.25. The van der Waals surface area contributed by atoms with Crippen molar-refractivity contribution in [3.8, 4) is 0 Å². The summed E-state index contributed by atoms with van der Waals surface area (Å²) in [4.78, 5) is -0.185. The Kier molecular flexibility index (Phi) is 7.64. The maximum Gasteiger partial charge on any atom is 0.168 e. The number of aromatic nitrogens is 1. The average Bonchev–Trinajstić information content (AvgIpc) is 2.49. The van der Waals surface area contributed by atoms with Crippen LogP contribution in [0.1, 0.15) is 26.2 Å². The van der Waals surface area contributed by atoms with Crippen molar-refractivity contribution in [3.63, 3.8) is 0 Å². The summed E-state index contributed by atoms with van der Waals surface area (Å²) in [5, 5.41) is 0. The Balaban J connectivity index is 0.000000211. The molecule has 0 aliphatic carbocycles. The molecule has 0 aliphatic heterocycles. The first kappa shape index (κ1) is 17.3. The Morgan fingerprint density at radius 2 is 1.52 bits per heavy atom. The second-order valence-electron chi connectivity index (χ2n) is 4.59. The molecule has 5 heteroatoms. The van der Waals surface area contributed by atoms with Gasteiger partial charge in [0.15, 0.2) is 12.4 Å². The lowest BCUT2D eigenvalue weighted by Crippen LogP contribution is -2.31. The van der Waals surface area contributed by atoms with Gasteiger partial charge in [-0.3, -0.25) is 0 Å². The topological polar surface area (TPSA) is 61.1 Å². The Labute approximate surface area is 126 Å². The highest BCUT2D eigenvalue weighted by Crippen LogP contribution is 2.04. The molecule has 0 saturated carbocycles. The van der Waals surface area contributed by atoms with Crippen LogP contribution in [0.15, 0.2) is 65.8 Å². The highest BCUT2D eigenvalue weighted by atomic mass is 32.2. The molecule has 4 nitrogen and oxygen atoms in total. The van der Waals surface area contributed by atoms with Gasteiger partial charge in [0, 0.05) is 18.6 Å². The summed E-state index contributed by atoms with van der Waals surface area (Å²) in [5.41, 5.74) is 0. The molecule has 1 aromatic carbocycles. The van der Waals surface area contributed by atoms with Gasteiger partial charge in [0.2, 0.25) is 0 Å². The zero-order valence-corrected chi connectivity index (χ0v) is 13.0. The van der Waals surface area contributed by atoms with Crippen molar-refractivity contribution in [2.75, 3.05) is 0 Å². The Morgan fingerprint density at radius 1 is 0.952 bits per heavy atom. The van der Waals surface area contributed by atoms with Crippen molar-refractivity contribution < 1.29 is 17.5 Å². The normalized spacial score (nSPS) is 10.6. The smallest absolute Gasteiger partial charge is 0.168 e. The van der Waals surface area contributed by atoms with Crippen LogP contribution in [0.4, 0.5) is 0 Å². The van der Waals surface area contributed by atoms with Crippen molar-refractivity contribution in [2.45, 2.75) is 37.6 Å². The maximum absolute atomic E-state index is 10.3. The minimum Gasteiger partial charge on any atom is -0.744 e. The summed E-state index contributed by atoms with van der Waals surface area (Å²) in [5.74, 6) is 0. The number of hydrogen-bond donors (Lipinski definition) is 0. The van der Waals surface area contributed by atoms with E-state index in [0.717, 1.165) is 6.54 Å². The quantitative estimate of drug-likeness (QED) is 0.485. The van der Waals surface area contributed by atoms with Crippen molar-refractivity contribution in [1.82, 2.24) is 0 Å². The number of rotatable bonds is 5. The number of pyridine rings is 1. The summed E-state index contributed by atoms with van der Waals surface area (Å²) in [6, 6.07) is 13.4. The van der Waals surface area contributed by atoms with Gasteiger partial charge in [0.1, 0.15) is 16.7 Å². The first-order valence-electron chi connectivity index (χ1n) is 6.99. The second kappa shape index (κ2) is 9.26. The lowest BCUT2D eigenvalue weighted by Gasteiger charge is -2.04. The van der Waals surface area contributed by atoms with Crippen LogP contribution in [0.5, 0.6) is 0 Å². The molecule has 114 valence electrons. The average molecular weight is 307 g/mol. The van der Waals surface area contributed by atoms with E-state index in [1.807, 2.05) is 0 Å². The fraction of sp³-hybridized carbons (Fsp3) is 0.312. The van der Waals surface area contributed by atoms with Gasteiger partial charge in [0.25, 0.3) is 0 Å². The third-order valence-electron chi connectivity index (χ3n) is 2.83. The molecule has 2 rings (SSSR count). The fourth-order valence-electron chi connectivity index (χ4n) is 1.71. The first-order valence-corrected chi connectivity index (χ1v) is 8.40. The molecule has 0 bridgehead atoms. The van der Waals surface area contributed by atoms with Crippen molar-refractivity contribution in [1.29, 1.82) is 0 Å². The van der Waals surface area contributed by atoms with E-state index in [1.54, 1.807) is 6.07 Å². The number of unbranched alkanes of at least 4 members (excludes halogenated alkanes) is 2. The van der Waals surface area contributed by atoms with Gasteiger partial charge in [-0.15, -0.1) is 0 Å². The molecule has 0 fully saturated rings. The van der Waals surface area contributed by atoms with Crippen LogP contribution >= 0.6 is 0 Å². The van der Waals surface area contributed by atoms with Gasteiger partial charge in [-0.25, -0.2) is 13.0 Å². The van der Waals surface area contributed by atoms with E-state index >= 15 is 0 Å². The van der Waals surface area contributed by atoms with Crippen LogP contribution in [-0.4, -0.2) is 13.0 Å². The van der Waals surface area contributed by atoms with Gasteiger partial charge in [-0.1, -0.05) is 37.6 Å². The molecular formula is C16H21NO3S. The van der Waals surface area contributed by atoms with E-state index in [4.69, 9.17) is 0 Å². The van der Waals surface area contributed by atoms with Crippen LogP contribution in [0.25, 0.3) is 0 Å². The van der Waals surface area contributed by atoms with E-state index in [1.165, 1.54) is 43.5 Å². The van der Waals surface area contributed by atoms with E-state index in [9.17, 15) is 13.0 Å². The summed E-state index contributed by atoms with van der Waals surface area (Å²) < 4.78 is 33.1. The molecule has 0 radical (unpaired) electrons. The molecule has 21 heavy (non-hydrogen) atoms. The number of hydrogen-bond acceptors (Lipinski definition) is 3. The third kappa shape index (κ3) is 7.58. The molecule has 0 N–H and O–H groups in total. The van der Waals surface area contributed by atoms with Crippen molar-refractivity contribution >= 4 is 10.1 Å². The second-order valence-corrected chi connectivity index (χ2v) is 5.97. The number of nitrogens with zero attached hydrogens (tertiary/aromatic N) is 1. The van der Waals surface area contributed by atoms with Crippen LogP contribution in [-0.2, 0) is 16.7 Å². The Morgan fingerprint density at radius 3 is 2.00 bits per heavy atom. The maximum atomic E-state index is 10.3. The summed E-state index contributed by atoms with van der Waals surface area (Å²) in [7, 11) is -4.25. The van der Waals surface area contributed by atoms with Gasteiger partial charge >= 0.3 is 0 Å². The lowest BCUT2D eigenvalue weighted by atomic mass is 10.2. The summed E-state index contributed by atoms with van der Waals surface area (Å²) in [6.45, 7) is 3.39. The van der Waals surface area contributed by atoms with E-state index in [2.05, 4.69) is 42.1 Å². The fourth-order valence-corrected chi connectivity index (χ4v) is 2.21. The van der Waals surface area contributed by atoms with Crippen LogP contribution in [0.3, 0.4) is 0 Å². The van der Waals surface area contributed by atoms with E-state index in [0.29, 0.717) is 0 Å². The van der Waals surface area contributed by atoms with Crippen LogP contribution in [0.2, 0.25) is 0 Å². The number of aryl methyl sites for hydroxylation is 1. The van der Waals surface area contributed by atoms with Gasteiger partial charge < -0.3 is 4.55 Å². The minimum absolute atomic E-state index is 0.185. The molecule has 1 heterocycles. The predicted octanol–water partition coefficient (Wildman–Crippen LogP) is 2.76. The van der Waals surface area contributed by atoms with Gasteiger partial charge in [-0.2, -0.15) is 0 Å². The van der Waals surface area contributed by atoms with E-state index < -0.39 is 10.1 Å². The molecular weight excluding hydrogens is 286 g/mol. The molecule has 0 aliphatic rings. The first-order chi connectivity index (χ1) is 10.0. The van der Waals surface area contributed by atoms with Crippen molar-refractivity contribution in [3.05, 3.63) is 60.9 Å².